The molecule has 0 bridgehead atoms. The summed E-state index contributed by atoms with van der Waals surface area (Å²) in [4.78, 5) is 29.2. The Bertz CT molecular complexity index is 464. The van der Waals surface area contributed by atoms with E-state index in [0.717, 1.165) is 12.1 Å². The molecule has 0 spiro atoms. The Kier molecular flexibility index (Phi) is 5.06. The summed E-state index contributed by atoms with van der Waals surface area (Å²) in [7, 11) is 0. The minimum Gasteiger partial charge on any atom is -0.391 e. The number of hydrogen-bond donors (Lipinski definition) is 2. The molecule has 108 valence electrons. The van der Waals surface area contributed by atoms with Crippen molar-refractivity contribution in [2.75, 3.05) is 19.6 Å². The molecule has 1 aliphatic rings. The van der Waals surface area contributed by atoms with Gasteiger partial charge >= 0.3 is 11.8 Å². The van der Waals surface area contributed by atoms with Crippen LogP contribution in [0.3, 0.4) is 0 Å². The van der Waals surface area contributed by atoms with E-state index >= 15 is 0 Å². The molecular formula is C14H19N3O3. The maximum atomic E-state index is 11.9. The van der Waals surface area contributed by atoms with Gasteiger partial charge in [-0.05, 0) is 25.0 Å². The maximum Gasteiger partial charge on any atom is 0.311 e. The lowest BCUT2D eigenvalue weighted by Gasteiger charge is -2.29. The van der Waals surface area contributed by atoms with Gasteiger partial charge in [0.05, 0.1) is 6.10 Å². The van der Waals surface area contributed by atoms with Crippen LogP contribution in [0.2, 0.25) is 0 Å². The van der Waals surface area contributed by atoms with Gasteiger partial charge in [0, 0.05) is 37.9 Å². The van der Waals surface area contributed by atoms with Crippen LogP contribution in [0, 0.1) is 0 Å². The topological polar surface area (TPSA) is 82.5 Å². The Morgan fingerprint density at radius 2 is 2.30 bits per heavy atom. The van der Waals surface area contributed by atoms with Gasteiger partial charge < -0.3 is 15.3 Å². The van der Waals surface area contributed by atoms with Crippen molar-refractivity contribution in [3.8, 4) is 0 Å². The Hall–Kier alpha value is -1.95. The lowest BCUT2D eigenvalue weighted by molar-refractivity contribution is -0.147. The summed E-state index contributed by atoms with van der Waals surface area (Å²) < 4.78 is 0. The first-order chi connectivity index (χ1) is 9.66. The summed E-state index contributed by atoms with van der Waals surface area (Å²) in [6.07, 6.45) is 3.17. The number of aliphatic hydroxyl groups is 1. The number of carbonyl (C=O) groups excluding carboxylic acids is 2. The molecule has 1 aromatic heterocycles. The maximum absolute atomic E-state index is 11.9. The van der Waals surface area contributed by atoms with Crippen molar-refractivity contribution in [1.82, 2.24) is 15.2 Å². The van der Waals surface area contributed by atoms with Gasteiger partial charge in [0.1, 0.15) is 0 Å². The van der Waals surface area contributed by atoms with E-state index in [1.807, 2.05) is 18.2 Å². The SMILES string of the molecule is O=C(NCCc1ccccn1)C(=O)N1CCC[C@@H](O)C1. The molecule has 1 aromatic rings. The molecule has 0 saturated carbocycles. The van der Waals surface area contributed by atoms with Crippen LogP contribution in [0.5, 0.6) is 0 Å². The Morgan fingerprint density at radius 3 is 3.00 bits per heavy atom. The third kappa shape index (κ3) is 4.03. The van der Waals surface area contributed by atoms with Crippen molar-refractivity contribution in [3.63, 3.8) is 0 Å². The highest BCUT2D eigenvalue weighted by Crippen LogP contribution is 2.09. The minimum atomic E-state index is -0.616. The van der Waals surface area contributed by atoms with E-state index in [-0.39, 0.29) is 6.54 Å². The molecule has 0 aliphatic carbocycles. The van der Waals surface area contributed by atoms with Crippen molar-refractivity contribution < 1.29 is 14.7 Å². The summed E-state index contributed by atoms with van der Waals surface area (Å²) in [6.45, 7) is 1.15. The number of likely N-dealkylation sites (tertiary alicyclic amines) is 1. The van der Waals surface area contributed by atoms with Crippen molar-refractivity contribution in [3.05, 3.63) is 30.1 Å². The van der Waals surface area contributed by atoms with Crippen molar-refractivity contribution >= 4 is 11.8 Å². The van der Waals surface area contributed by atoms with Crippen LogP contribution in [-0.2, 0) is 16.0 Å². The minimum absolute atomic E-state index is 0.243. The van der Waals surface area contributed by atoms with Gasteiger partial charge in [-0.25, -0.2) is 0 Å². The summed E-state index contributed by atoms with van der Waals surface area (Å²) in [6, 6.07) is 5.58. The first-order valence-corrected chi connectivity index (χ1v) is 6.82. The molecule has 6 heteroatoms. The van der Waals surface area contributed by atoms with Crippen LogP contribution in [0.4, 0.5) is 0 Å². The highest BCUT2D eigenvalue weighted by atomic mass is 16.3. The van der Waals surface area contributed by atoms with Crippen molar-refractivity contribution in [1.29, 1.82) is 0 Å². The van der Waals surface area contributed by atoms with Crippen molar-refractivity contribution in [2.24, 2.45) is 0 Å². The van der Waals surface area contributed by atoms with Crippen molar-refractivity contribution in [2.45, 2.75) is 25.4 Å². The average molecular weight is 277 g/mol. The number of aromatic nitrogens is 1. The molecule has 20 heavy (non-hydrogen) atoms. The van der Waals surface area contributed by atoms with Crippen LogP contribution < -0.4 is 5.32 Å². The second kappa shape index (κ2) is 7.00. The lowest BCUT2D eigenvalue weighted by Crippen LogP contribution is -2.48. The summed E-state index contributed by atoms with van der Waals surface area (Å²) in [5.41, 5.74) is 0.869. The molecule has 0 unspecified atom stereocenters. The molecule has 0 radical (unpaired) electrons. The van der Waals surface area contributed by atoms with Gasteiger partial charge in [-0.2, -0.15) is 0 Å². The first-order valence-electron chi connectivity index (χ1n) is 6.82. The quantitative estimate of drug-likeness (QED) is 0.745. The zero-order chi connectivity index (χ0) is 14.4. The predicted molar refractivity (Wildman–Crippen MR) is 72.8 cm³/mol. The standard InChI is InChI=1S/C14H19N3O3/c18-12-5-3-9-17(10-12)14(20)13(19)16-8-6-11-4-1-2-7-15-11/h1-2,4,7,12,18H,3,5-6,8-10H2,(H,16,19)/t12-/m1/s1. The van der Waals surface area contributed by atoms with E-state index in [4.69, 9.17) is 0 Å². The number of β-amino-alcohol motifs (C(OH)–C–C–N with tert-alkyl or cyclic N) is 1. The van der Waals surface area contributed by atoms with Gasteiger partial charge in [-0.15, -0.1) is 0 Å². The molecule has 1 aliphatic heterocycles. The van der Waals surface area contributed by atoms with Crippen LogP contribution >= 0.6 is 0 Å². The number of aliphatic hydroxyl groups excluding tert-OH is 1. The molecule has 2 N–H and O–H groups in total. The number of pyridine rings is 1. The number of nitrogens with zero attached hydrogens (tertiary/aromatic N) is 2. The molecule has 1 saturated heterocycles. The van der Waals surface area contributed by atoms with Gasteiger partial charge in [0.25, 0.3) is 0 Å². The van der Waals surface area contributed by atoms with E-state index in [1.54, 1.807) is 6.20 Å². The molecular weight excluding hydrogens is 258 g/mol. The largest absolute Gasteiger partial charge is 0.391 e. The lowest BCUT2D eigenvalue weighted by atomic mass is 10.1. The highest BCUT2D eigenvalue weighted by Gasteiger charge is 2.26. The predicted octanol–water partition coefficient (Wildman–Crippen LogP) is -0.276. The second-order valence-electron chi connectivity index (χ2n) is 4.87. The van der Waals surface area contributed by atoms with E-state index in [0.29, 0.717) is 25.9 Å². The number of carbonyl (C=O) groups is 2. The highest BCUT2D eigenvalue weighted by molar-refractivity contribution is 6.35. The van der Waals surface area contributed by atoms with Gasteiger partial charge in [0.2, 0.25) is 0 Å². The van der Waals surface area contributed by atoms with E-state index < -0.39 is 17.9 Å². The molecule has 1 fully saturated rings. The molecule has 2 rings (SSSR count). The summed E-state index contributed by atoms with van der Waals surface area (Å²) in [5, 5.41) is 12.1. The van der Waals surface area contributed by atoms with Gasteiger partial charge in [-0.3, -0.25) is 14.6 Å². The van der Waals surface area contributed by atoms with Gasteiger partial charge in [0.15, 0.2) is 0 Å². The molecule has 2 amide bonds. The Labute approximate surface area is 117 Å². The molecule has 6 nitrogen and oxygen atoms in total. The molecule has 2 heterocycles. The fraction of sp³-hybridized carbons (Fsp3) is 0.500. The number of amides is 2. The zero-order valence-corrected chi connectivity index (χ0v) is 11.3. The van der Waals surface area contributed by atoms with Crippen LogP contribution in [0.1, 0.15) is 18.5 Å². The second-order valence-corrected chi connectivity index (χ2v) is 4.87. The Balaban J connectivity index is 1.75. The monoisotopic (exact) mass is 277 g/mol. The van der Waals surface area contributed by atoms with Crippen LogP contribution in [0.15, 0.2) is 24.4 Å². The van der Waals surface area contributed by atoms with Crippen LogP contribution in [-0.4, -0.2) is 52.5 Å². The third-order valence-corrected chi connectivity index (χ3v) is 3.27. The smallest absolute Gasteiger partial charge is 0.311 e. The van der Waals surface area contributed by atoms with Crippen LogP contribution in [0.25, 0.3) is 0 Å². The fourth-order valence-electron chi connectivity index (χ4n) is 2.21. The fourth-order valence-corrected chi connectivity index (χ4v) is 2.21. The number of rotatable bonds is 3. The number of piperidine rings is 1. The Morgan fingerprint density at radius 1 is 1.45 bits per heavy atom. The van der Waals surface area contributed by atoms with E-state index in [1.165, 1.54) is 4.90 Å². The molecule has 0 aromatic carbocycles. The number of nitrogens with one attached hydrogen (secondary N) is 1. The zero-order valence-electron chi connectivity index (χ0n) is 11.3. The third-order valence-electron chi connectivity index (χ3n) is 3.27. The van der Waals surface area contributed by atoms with E-state index in [2.05, 4.69) is 10.3 Å². The molecule has 1 atom stereocenters. The normalized spacial score (nSPS) is 18.6. The number of hydrogen-bond acceptors (Lipinski definition) is 4. The summed E-state index contributed by atoms with van der Waals surface area (Å²) in [5.74, 6) is -1.18. The van der Waals surface area contributed by atoms with Gasteiger partial charge in [-0.1, -0.05) is 6.07 Å². The first kappa shape index (κ1) is 14.5. The van der Waals surface area contributed by atoms with E-state index in [9.17, 15) is 14.7 Å². The average Bonchev–Trinajstić information content (AvgIpc) is 2.47. The summed E-state index contributed by atoms with van der Waals surface area (Å²) >= 11 is 0.